The summed E-state index contributed by atoms with van der Waals surface area (Å²) in [4.78, 5) is 12.0. The van der Waals surface area contributed by atoms with Crippen molar-refractivity contribution in [1.29, 1.82) is 0 Å². The number of amides is 1. The Kier molecular flexibility index (Phi) is 5.31. The van der Waals surface area contributed by atoms with Crippen LogP contribution in [-0.2, 0) is 4.79 Å². The number of aromatic nitrogens is 3. The van der Waals surface area contributed by atoms with E-state index in [2.05, 4.69) is 15.5 Å². The second kappa shape index (κ2) is 7.02. The van der Waals surface area contributed by atoms with Gasteiger partial charge in [0.25, 0.3) is 0 Å². The standard InChI is InChI=1S/C14H18ClN5OS/c1-8(2)13-18-19-14(20(13)16)22-7-12(21)17-10-5-4-9(3)11(15)6-10/h4-6,8H,7,16H2,1-3H3,(H,17,21). The topological polar surface area (TPSA) is 85.8 Å². The smallest absolute Gasteiger partial charge is 0.234 e. The van der Waals surface area contributed by atoms with E-state index < -0.39 is 0 Å². The molecule has 0 aliphatic carbocycles. The second-order valence-corrected chi connectivity index (χ2v) is 6.52. The Hall–Kier alpha value is -1.73. The molecule has 118 valence electrons. The van der Waals surface area contributed by atoms with Crippen molar-refractivity contribution in [3.63, 3.8) is 0 Å². The van der Waals surface area contributed by atoms with E-state index in [9.17, 15) is 4.79 Å². The molecule has 0 aliphatic rings. The van der Waals surface area contributed by atoms with Crippen LogP contribution in [0.5, 0.6) is 0 Å². The maximum atomic E-state index is 12.0. The predicted octanol–water partition coefficient (Wildman–Crippen LogP) is 2.81. The third-order valence-corrected chi connectivity index (χ3v) is 4.35. The number of nitrogen functional groups attached to an aromatic ring is 1. The van der Waals surface area contributed by atoms with Crippen molar-refractivity contribution in [2.24, 2.45) is 0 Å². The number of thioether (sulfide) groups is 1. The van der Waals surface area contributed by atoms with Crippen molar-refractivity contribution < 1.29 is 4.79 Å². The first kappa shape index (κ1) is 16.6. The summed E-state index contributed by atoms with van der Waals surface area (Å²) in [5.41, 5.74) is 1.63. The summed E-state index contributed by atoms with van der Waals surface area (Å²) in [6.07, 6.45) is 0. The van der Waals surface area contributed by atoms with Gasteiger partial charge in [-0.2, -0.15) is 0 Å². The maximum Gasteiger partial charge on any atom is 0.234 e. The molecule has 8 heteroatoms. The first-order valence-electron chi connectivity index (χ1n) is 6.77. The SMILES string of the molecule is Cc1ccc(NC(=O)CSc2nnc(C(C)C)n2N)cc1Cl. The molecule has 2 aromatic rings. The molecule has 22 heavy (non-hydrogen) atoms. The van der Waals surface area contributed by atoms with Crippen LogP contribution in [-0.4, -0.2) is 26.5 Å². The Bertz CT molecular complexity index is 686. The summed E-state index contributed by atoms with van der Waals surface area (Å²) in [5.74, 6) is 6.81. The van der Waals surface area contributed by atoms with Gasteiger partial charge in [-0.25, -0.2) is 4.68 Å². The number of anilines is 1. The number of benzene rings is 1. The summed E-state index contributed by atoms with van der Waals surface area (Å²) in [5, 5.41) is 11.9. The molecule has 2 rings (SSSR count). The van der Waals surface area contributed by atoms with Gasteiger partial charge in [0.05, 0.1) is 5.75 Å². The number of hydrogen-bond acceptors (Lipinski definition) is 5. The van der Waals surface area contributed by atoms with Gasteiger partial charge in [0.1, 0.15) is 0 Å². The van der Waals surface area contributed by atoms with E-state index in [1.54, 1.807) is 6.07 Å². The summed E-state index contributed by atoms with van der Waals surface area (Å²) < 4.78 is 1.42. The van der Waals surface area contributed by atoms with Gasteiger partial charge in [-0.05, 0) is 24.6 Å². The monoisotopic (exact) mass is 339 g/mol. The molecule has 0 saturated carbocycles. The highest BCUT2D eigenvalue weighted by Crippen LogP contribution is 2.21. The third-order valence-electron chi connectivity index (χ3n) is 3.00. The van der Waals surface area contributed by atoms with Crippen molar-refractivity contribution in [3.8, 4) is 0 Å². The molecule has 0 fully saturated rings. The summed E-state index contributed by atoms with van der Waals surface area (Å²) in [6.45, 7) is 5.87. The van der Waals surface area contributed by atoms with Crippen molar-refractivity contribution in [3.05, 3.63) is 34.6 Å². The number of nitrogens with two attached hydrogens (primary N) is 1. The average Bonchev–Trinajstić information content (AvgIpc) is 2.82. The predicted molar refractivity (Wildman–Crippen MR) is 89.8 cm³/mol. The minimum atomic E-state index is -0.154. The minimum Gasteiger partial charge on any atom is -0.336 e. The highest BCUT2D eigenvalue weighted by molar-refractivity contribution is 7.99. The summed E-state index contributed by atoms with van der Waals surface area (Å²) in [6, 6.07) is 5.39. The second-order valence-electron chi connectivity index (χ2n) is 5.17. The van der Waals surface area contributed by atoms with Crippen LogP contribution in [0.1, 0.15) is 31.2 Å². The lowest BCUT2D eigenvalue weighted by molar-refractivity contribution is -0.113. The number of rotatable bonds is 5. The van der Waals surface area contributed by atoms with Crippen molar-refractivity contribution in [1.82, 2.24) is 14.9 Å². The van der Waals surface area contributed by atoms with Crippen molar-refractivity contribution in [2.45, 2.75) is 31.8 Å². The summed E-state index contributed by atoms with van der Waals surface area (Å²) in [7, 11) is 0. The minimum absolute atomic E-state index is 0.154. The van der Waals surface area contributed by atoms with Crippen LogP contribution >= 0.6 is 23.4 Å². The van der Waals surface area contributed by atoms with Gasteiger partial charge in [-0.3, -0.25) is 4.79 Å². The first-order valence-corrected chi connectivity index (χ1v) is 8.14. The number of carbonyl (C=O) groups is 1. The van der Waals surface area contributed by atoms with E-state index in [-0.39, 0.29) is 17.6 Å². The van der Waals surface area contributed by atoms with E-state index in [4.69, 9.17) is 17.4 Å². The van der Waals surface area contributed by atoms with Gasteiger partial charge in [-0.15, -0.1) is 10.2 Å². The Morgan fingerprint density at radius 2 is 2.18 bits per heavy atom. The van der Waals surface area contributed by atoms with Gasteiger partial charge in [-0.1, -0.05) is 43.3 Å². The number of nitrogens with one attached hydrogen (secondary N) is 1. The molecule has 3 N–H and O–H groups in total. The fourth-order valence-electron chi connectivity index (χ4n) is 1.78. The van der Waals surface area contributed by atoms with E-state index in [1.807, 2.05) is 32.9 Å². The molecule has 1 amide bonds. The van der Waals surface area contributed by atoms with Crippen molar-refractivity contribution in [2.75, 3.05) is 16.9 Å². The zero-order chi connectivity index (χ0) is 16.3. The number of hydrogen-bond donors (Lipinski definition) is 2. The van der Waals surface area contributed by atoms with Crippen LogP contribution in [0.4, 0.5) is 5.69 Å². The van der Waals surface area contributed by atoms with Crippen LogP contribution < -0.4 is 11.2 Å². The fraction of sp³-hybridized carbons (Fsp3) is 0.357. The van der Waals surface area contributed by atoms with Gasteiger partial charge in [0.2, 0.25) is 11.1 Å². The van der Waals surface area contributed by atoms with E-state index in [1.165, 1.54) is 16.4 Å². The molecule has 1 aromatic carbocycles. The Labute approximate surface area is 138 Å². The molecule has 0 atom stereocenters. The Morgan fingerprint density at radius 3 is 2.77 bits per heavy atom. The normalized spacial score (nSPS) is 11.0. The molecule has 0 saturated heterocycles. The van der Waals surface area contributed by atoms with Gasteiger partial charge in [0, 0.05) is 16.6 Å². The zero-order valence-electron chi connectivity index (χ0n) is 12.6. The lowest BCUT2D eigenvalue weighted by Crippen LogP contribution is -2.17. The van der Waals surface area contributed by atoms with E-state index in [0.717, 1.165) is 5.56 Å². The highest BCUT2D eigenvalue weighted by atomic mass is 35.5. The van der Waals surface area contributed by atoms with Crippen LogP contribution in [0.3, 0.4) is 0 Å². The lowest BCUT2D eigenvalue weighted by Gasteiger charge is -2.07. The van der Waals surface area contributed by atoms with Crippen LogP contribution in [0.25, 0.3) is 0 Å². The number of halogens is 1. The lowest BCUT2D eigenvalue weighted by atomic mass is 10.2. The average molecular weight is 340 g/mol. The first-order chi connectivity index (χ1) is 10.4. The fourth-order valence-corrected chi connectivity index (χ4v) is 2.62. The molecular weight excluding hydrogens is 322 g/mol. The molecule has 6 nitrogen and oxygen atoms in total. The van der Waals surface area contributed by atoms with Crippen LogP contribution in [0.15, 0.2) is 23.4 Å². The summed E-state index contributed by atoms with van der Waals surface area (Å²) >= 11 is 7.27. The molecule has 0 bridgehead atoms. The zero-order valence-corrected chi connectivity index (χ0v) is 14.2. The Morgan fingerprint density at radius 1 is 1.45 bits per heavy atom. The highest BCUT2D eigenvalue weighted by Gasteiger charge is 2.14. The van der Waals surface area contributed by atoms with Gasteiger partial charge < -0.3 is 11.2 Å². The maximum absolute atomic E-state index is 12.0. The molecule has 0 unspecified atom stereocenters. The molecule has 0 radical (unpaired) electrons. The number of carbonyl (C=O) groups excluding carboxylic acids is 1. The number of nitrogens with zero attached hydrogens (tertiary/aromatic N) is 3. The molecule has 1 aromatic heterocycles. The Balaban J connectivity index is 1.94. The van der Waals surface area contributed by atoms with Gasteiger partial charge in [0.15, 0.2) is 5.82 Å². The van der Waals surface area contributed by atoms with Crippen LogP contribution in [0, 0.1) is 6.92 Å². The molecule has 1 heterocycles. The van der Waals surface area contributed by atoms with E-state index >= 15 is 0 Å². The molecular formula is C14H18ClN5OS. The molecule has 0 spiro atoms. The van der Waals surface area contributed by atoms with Crippen LogP contribution in [0.2, 0.25) is 5.02 Å². The number of aryl methyl sites for hydroxylation is 1. The molecule has 0 aliphatic heterocycles. The third kappa shape index (κ3) is 3.92. The van der Waals surface area contributed by atoms with E-state index in [0.29, 0.717) is 21.7 Å². The van der Waals surface area contributed by atoms with Crippen molar-refractivity contribution >= 4 is 35.0 Å². The largest absolute Gasteiger partial charge is 0.336 e. The van der Waals surface area contributed by atoms with Gasteiger partial charge >= 0.3 is 0 Å². The quantitative estimate of drug-likeness (QED) is 0.646.